The van der Waals surface area contributed by atoms with Gasteiger partial charge in [-0.05, 0) is 68.6 Å². The molecular weight excluding hydrogens is 359 g/mol. The summed E-state index contributed by atoms with van der Waals surface area (Å²) >= 11 is 0. The molecule has 2 saturated heterocycles. The van der Waals surface area contributed by atoms with Crippen LogP contribution in [0.2, 0.25) is 0 Å². The number of carbonyl (C=O) groups is 1. The van der Waals surface area contributed by atoms with Gasteiger partial charge in [-0.25, -0.2) is 15.2 Å². The van der Waals surface area contributed by atoms with Gasteiger partial charge in [0.1, 0.15) is 17.6 Å². The molecule has 1 aromatic heterocycles. The van der Waals surface area contributed by atoms with Crippen LogP contribution in [0.25, 0.3) is 0 Å². The van der Waals surface area contributed by atoms with Gasteiger partial charge in [0.15, 0.2) is 0 Å². The molecule has 2 aliphatic rings. The molecule has 1 amide bonds. The van der Waals surface area contributed by atoms with E-state index in [-0.39, 0.29) is 29.8 Å². The van der Waals surface area contributed by atoms with Gasteiger partial charge >= 0.3 is 0 Å². The summed E-state index contributed by atoms with van der Waals surface area (Å²) in [6.07, 6.45) is 4.65. The number of rotatable bonds is 6. The van der Waals surface area contributed by atoms with Gasteiger partial charge in [-0.1, -0.05) is 12.1 Å². The maximum absolute atomic E-state index is 13.5. The normalized spacial score (nSPS) is 23.8. The van der Waals surface area contributed by atoms with Crippen molar-refractivity contribution in [3.63, 3.8) is 0 Å². The third-order valence-corrected chi connectivity index (χ3v) is 5.73. The van der Waals surface area contributed by atoms with Crippen LogP contribution in [0, 0.1) is 12.7 Å². The zero-order valence-electron chi connectivity index (χ0n) is 16.1. The van der Waals surface area contributed by atoms with Gasteiger partial charge in [-0.2, -0.15) is 0 Å². The number of hydrogen-bond donors (Lipinski definition) is 3. The Kier molecular flexibility index (Phi) is 5.75. The van der Waals surface area contributed by atoms with Crippen LogP contribution in [0.5, 0.6) is 0 Å². The Labute approximate surface area is 164 Å². The summed E-state index contributed by atoms with van der Waals surface area (Å²) in [6.45, 7) is 4.32. The average Bonchev–Trinajstić information content (AvgIpc) is 3.46. The highest BCUT2D eigenvalue weighted by Crippen LogP contribution is 2.26. The maximum atomic E-state index is 13.5. The number of halogens is 1. The molecule has 6 nitrogen and oxygen atoms in total. The van der Waals surface area contributed by atoms with Crippen molar-refractivity contribution in [2.75, 3.05) is 19.6 Å². The van der Waals surface area contributed by atoms with Crippen LogP contribution >= 0.6 is 0 Å². The molecule has 0 radical (unpaired) electrons. The topological polar surface area (TPSA) is 69.5 Å². The first-order valence-corrected chi connectivity index (χ1v) is 9.94. The highest BCUT2D eigenvalue weighted by molar-refractivity contribution is 5.82. The standard InChI is InChI=1S/C21H27FN4O2/c1-14-11-15(6-7-16(14)22)17-12-18(25-24-17)21(27)23-13-19(20-5-4-10-28-20)26-8-2-3-9-26/h4-7,10-11,17-19,24-25H,2-3,8-9,12-13H2,1H3,(H,23,27). The van der Waals surface area contributed by atoms with E-state index < -0.39 is 0 Å². The summed E-state index contributed by atoms with van der Waals surface area (Å²) in [7, 11) is 0. The minimum atomic E-state index is -0.328. The largest absolute Gasteiger partial charge is 0.468 e. The molecule has 1 aromatic carbocycles. The van der Waals surface area contributed by atoms with Gasteiger partial charge in [0.05, 0.1) is 12.3 Å². The van der Waals surface area contributed by atoms with Crippen molar-refractivity contribution >= 4 is 5.91 Å². The number of hydrogen-bond acceptors (Lipinski definition) is 5. The number of nitrogens with one attached hydrogen (secondary N) is 3. The van der Waals surface area contributed by atoms with E-state index >= 15 is 0 Å². The number of amides is 1. The number of hydrazine groups is 1. The minimum Gasteiger partial charge on any atom is -0.468 e. The number of aryl methyl sites for hydroxylation is 1. The van der Waals surface area contributed by atoms with Gasteiger partial charge in [-0.15, -0.1) is 0 Å². The van der Waals surface area contributed by atoms with Crippen LogP contribution in [-0.4, -0.2) is 36.5 Å². The Hall–Kier alpha value is -2.22. The molecular formula is C21H27FN4O2. The molecule has 0 bridgehead atoms. The zero-order chi connectivity index (χ0) is 19.5. The lowest BCUT2D eigenvalue weighted by molar-refractivity contribution is -0.123. The van der Waals surface area contributed by atoms with E-state index in [0.29, 0.717) is 18.5 Å². The van der Waals surface area contributed by atoms with Crippen LogP contribution in [0.1, 0.15) is 48.2 Å². The zero-order valence-corrected chi connectivity index (χ0v) is 16.1. The van der Waals surface area contributed by atoms with Gasteiger partial charge in [0.2, 0.25) is 5.91 Å². The molecule has 2 fully saturated rings. The SMILES string of the molecule is Cc1cc(C2CC(C(=O)NCC(c3ccco3)N3CCCC3)NN2)ccc1F. The summed E-state index contributed by atoms with van der Waals surface area (Å²) in [5, 5.41) is 3.08. The second kappa shape index (κ2) is 8.43. The van der Waals surface area contributed by atoms with Crippen molar-refractivity contribution < 1.29 is 13.6 Å². The number of nitrogens with zero attached hydrogens (tertiary/aromatic N) is 1. The summed E-state index contributed by atoms with van der Waals surface area (Å²) in [4.78, 5) is 15.1. The Morgan fingerprint density at radius 1 is 1.32 bits per heavy atom. The Morgan fingerprint density at radius 2 is 2.14 bits per heavy atom. The lowest BCUT2D eigenvalue weighted by atomic mass is 10.00. The van der Waals surface area contributed by atoms with E-state index in [2.05, 4.69) is 21.1 Å². The fraction of sp³-hybridized carbons (Fsp3) is 0.476. The molecule has 3 heterocycles. The van der Waals surface area contributed by atoms with Gasteiger partial charge in [0, 0.05) is 12.6 Å². The van der Waals surface area contributed by atoms with Crippen LogP contribution in [-0.2, 0) is 4.79 Å². The van der Waals surface area contributed by atoms with Crippen LogP contribution in [0.3, 0.4) is 0 Å². The fourth-order valence-electron chi connectivity index (χ4n) is 4.10. The van der Waals surface area contributed by atoms with Gasteiger partial charge < -0.3 is 9.73 Å². The van der Waals surface area contributed by atoms with Crippen molar-refractivity contribution in [1.82, 2.24) is 21.1 Å². The summed E-state index contributed by atoms with van der Waals surface area (Å²) in [5.74, 6) is 0.638. The van der Waals surface area contributed by atoms with E-state index in [1.165, 1.54) is 18.9 Å². The molecule has 3 unspecified atom stereocenters. The summed E-state index contributed by atoms with van der Waals surface area (Å²) in [6, 6.07) is 8.64. The van der Waals surface area contributed by atoms with Crippen LogP contribution < -0.4 is 16.2 Å². The quantitative estimate of drug-likeness (QED) is 0.712. The highest BCUT2D eigenvalue weighted by atomic mass is 19.1. The molecule has 0 aliphatic carbocycles. The molecule has 150 valence electrons. The average molecular weight is 386 g/mol. The first-order valence-electron chi connectivity index (χ1n) is 9.94. The lowest BCUT2D eigenvalue weighted by Crippen LogP contribution is -2.45. The highest BCUT2D eigenvalue weighted by Gasteiger charge is 2.32. The number of furan rings is 1. The minimum absolute atomic E-state index is 0.0190. The van der Waals surface area contributed by atoms with Crippen LogP contribution in [0.4, 0.5) is 4.39 Å². The predicted molar refractivity (Wildman–Crippen MR) is 104 cm³/mol. The van der Waals surface area contributed by atoms with E-state index in [0.717, 1.165) is 24.4 Å². The molecule has 28 heavy (non-hydrogen) atoms. The van der Waals surface area contributed by atoms with E-state index in [1.807, 2.05) is 18.2 Å². The molecule has 2 aromatic rings. The molecule has 7 heteroatoms. The monoisotopic (exact) mass is 386 g/mol. The van der Waals surface area contributed by atoms with Crippen molar-refractivity contribution in [1.29, 1.82) is 0 Å². The molecule has 2 aliphatic heterocycles. The molecule has 0 spiro atoms. The molecule has 3 atom stereocenters. The lowest BCUT2D eigenvalue weighted by Gasteiger charge is -2.26. The number of carbonyl (C=O) groups excluding carboxylic acids is 1. The molecule has 4 rings (SSSR count). The third kappa shape index (κ3) is 4.11. The maximum Gasteiger partial charge on any atom is 0.238 e. The predicted octanol–water partition coefficient (Wildman–Crippen LogP) is 2.59. The van der Waals surface area contributed by atoms with Crippen molar-refractivity contribution in [3.8, 4) is 0 Å². The Balaban J connectivity index is 1.35. The third-order valence-electron chi connectivity index (χ3n) is 5.73. The first kappa shape index (κ1) is 19.1. The van der Waals surface area contributed by atoms with Gasteiger partial charge in [0.25, 0.3) is 0 Å². The summed E-state index contributed by atoms with van der Waals surface area (Å²) in [5.41, 5.74) is 7.82. The fourth-order valence-corrected chi connectivity index (χ4v) is 4.10. The second-order valence-corrected chi connectivity index (χ2v) is 7.66. The van der Waals surface area contributed by atoms with Crippen LogP contribution in [0.15, 0.2) is 41.0 Å². The molecule has 3 N–H and O–H groups in total. The van der Waals surface area contributed by atoms with Gasteiger partial charge in [-0.3, -0.25) is 9.69 Å². The Morgan fingerprint density at radius 3 is 2.86 bits per heavy atom. The van der Waals surface area contributed by atoms with Crippen molar-refractivity contribution in [2.45, 2.75) is 44.3 Å². The van der Waals surface area contributed by atoms with Crippen molar-refractivity contribution in [3.05, 3.63) is 59.3 Å². The molecule has 0 saturated carbocycles. The van der Waals surface area contributed by atoms with E-state index in [9.17, 15) is 9.18 Å². The number of benzene rings is 1. The second-order valence-electron chi connectivity index (χ2n) is 7.66. The number of likely N-dealkylation sites (tertiary alicyclic amines) is 1. The Bertz CT molecular complexity index is 805. The summed E-state index contributed by atoms with van der Waals surface area (Å²) < 4.78 is 19.1. The van der Waals surface area contributed by atoms with E-state index in [1.54, 1.807) is 19.3 Å². The van der Waals surface area contributed by atoms with E-state index in [4.69, 9.17) is 4.42 Å². The van der Waals surface area contributed by atoms with Crippen molar-refractivity contribution in [2.24, 2.45) is 0 Å². The first-order chi connectivity index (χ1) is 13.6. The smallest absolute Gasteiger partial charge is 0.238 e.